The van der Waals surface area contributed by atoms with E-state index in [9.17, 15) is 9.83 Å². The minimum Gasteiger partial charge on any atom is -0.306 e. The quantitative estimate of drug-likeness (QED) is 0.357. The molecule has 0 aliphatic heterocycles. The maximum atomic E-state index is 12.3. The summed E-state index contributed by atoms with van der Waals surface area (Å²) in [5.41, 5.74) is 0.902. The van der Waals surface area contributed by atoms with Crippen molar-refractivity contribution in [2.24, 2.45) is 0 Å². The molecule has 0 amide bonds. The van der Waals surface area contributed by atoms with Gasteiger partial charge in [0, 0.05) is 15.9 Å². The number of rotatable bonds is 7. The van der Waals surface area contributed by atoms with E-state index in [1.165, 1.54) is 11.9 Å². The number of nitrogens with zero attached hydrogens (tertiary/aromatic N) is 1. The smallest absolute Gasteiger partial charge is 0.306 e. The summed E-state index contributed by atoms with van der Waals surface area (Å²) in [7, 11) is -3.34. The predicted molar refractivity (Wildman–Crippen MR) is 90.1 cm³/mol. The summed E-state index contributed by atoms with van der Waals surface area (Å²) in [5.74, 6) is 1.28. The highest BCUT2D eigenvalue weighted by Gasteiger charge is 2.18. The van der Waals surface area contributed by atoms with Crippen molar-refractivity contribution in [2.45, 2.75) is 13.8 Å². The molecule has 1 aromatic carbocycles. The van der Waals surface area contributed by atoms with Crippen molar-refractivity contribution in [1.82, 2.24) is 0 Å². The van der Waals surface area contributed by atoms with Crippen LogP contribution in [0.15, 0.2) is 35.7 Å². The molecule has 0 saturated heterocycles. The SMILES string of the molecule is CCOP(=O)(/C=C/C(C#N)=C/c1ccc(Cl)cc1Cl)OCC. The monoisotopic (exact) mass is 359 g/mol. The lowest BCUT2D eigenvalue weighted by molar-refractivity contribution is 0.229. The van der Waals surface area contributed by atoms with Crippen LogP contribution in [-0.2, 0) is 13.6 Å². The third-order valence-electron chi connectivity index (χ3n) is 2.46. The summed E-state index contributed by atoms with van der Waals surface area (Å²) < 4.78 is 22.5. The fraction of sp³-hybridized carbons (Fsp3) is 0.267. The van der Waals surface area contributed by atoms with Crippen LogP contribution in [-0.4, -0.2) is 13.2 Å². The second-order valence-corrected chi connectivity index (χ2v) is 6.81. The van der Waals surface area contributed by atoms with Crippen LogP contribution in [0.3, 0.4) is 0 Å². The van der Waals surface area contributed by atoms with Crippen LogP contribution in [0.2, 0.25) is 10.0 Å². The summed E-state index contributed by atoms with van der Waals surface area (Å²) in [4.78, 5) is 0. The number of nitriles is 1. The van der Waals surface area contributed by atoms with Gasteiger partial charge in [-0.1, -0.05) is 29.3 Å². The van der Waals surface area contributed by atoms with Gasteiger partial charge in [-0.05, 0) is 43.7 Å². The van der Waals surface area contributed by atoms with E-state index in [0.29, 0.717) is 15.6 Å². The fourth-order valence-corrected chi connectivity index (χ4v) is 3.33. The first-order valence-corrected chi connectivity index (χ1v) is 8.95. The summed E-state index contributed by atoms with van der Waals surface area (Å²) in [6, 6.07) is 6.95. The van der Waals surface area contributed by atoms with E-state index in [0.717, 1.165) is 0 Å². The number of hydrogen-bond acceptors (Lipinski definition) is 4. The van der Waals surface area contributed by atoms with Crippen LogP contribution >= 0.6 is 30.8 Å². The van der Waals surface area contributed by atoms with Gasteiger partial charge >= 0.3 is 7.60 Å². The van der Waals surface area contributed by atoms with Crippen LogP contribution in [0.5, 0.6) is 0 Å². The molecule has 0 radical (unpaired) electrons. The van der Waals surface area contributed by atoms with Gasteiger partial charge in [0.2, 0.25) is 0 Å². The average Bonchev–Trinajstić information content (AvgIpc) is 2.46. The number of benzene rings is 1. The molecule has 1 rings (SSSR count). The summed E-state index contributed by atoms with van der Waals surface area (Å²) in [5, 5.41) is 10.1. The molecule has 0 fully saturated rings. The van der Waals surface area contributed by atoms with E-state index in [4.69, 9.17) is 32.2 Å². The molecule has 0 heterocycles. The first-order valence-electron chi connectivity index (χ1n) is 6.59. The molecule has 0 bridgehead atoms. The normalized spacial score (nSPS) is 12.6. The molecule has 0 N–H and O–H groups in total. The van der Waals surface area contributed by atoms with Crippen molar-refractivity contribution in [3.8, 4) is 6.07 Å². The number of hydrogen-bond donors (Lipinski definition) is 0. The van der Waals surface area contributed by atoms with E-state index < -0.39 is 7.60 Å². The minimum atomic E-state index is -3.34. The molecule has 1 aromatic rings. The highest BCUT2D eigenvalue weighted by Crippen LogP contribution is 2.49. The Morgan fingerprint density at radius 2 is 1.95 bits per heavy atom. The van der Waals surface area contributed by atoms with Crippen molar-refractivity contribution >= 4 is 36.9 Å². The maximum Gasteiger partial charge on any atom is 0.354 e. The highest BCUT2D eigenvalue weighted by atomic mass is 35.5. The van der Waals surface area contributed by atoms with Crippen molar-refractivity contribution < 1.29 is 13.6 Å². The lowest BCUT2D eigenvalue weighted by Crippen LogP contribution is -1.92. The van der Waals surface area contributed by atoms with Gasteiger partial charge in [-0.25, -0.2) is 0 Å². The molecular weight excluding hydrogens is 344 g/mol. The lowest BCUT2D eigenvalue weighted by atomic mass is 10.1. The molecule has 7 heteroatoms. The van der Waals surface area contributed by atoms with E-state index in [1.807, 2.05) is 6.07 Å². The Kier molecular flexibility index (Phi) is 7.89. The Bertz CT molecular complexity index is 655. The van der Waals surface area contributed by atoms with Crippen molar-refractivity contribution in [3.05, 3.63) is 51.3 Å². The van der Waals surface area contributed by atoms with E-state index in [1.54, 1.807) is 38.1 Å². The first-order chi connectivity index (χ1) is 10.4. The Morgan fingerprint density at radius 1 is 1.32 bits per heavy atom. The Hall–Kier alpha value is -1.08. The molecule has 0 unspecified atom stereocenters. The standard InChI is InChI=1S/C15H16Cl2NO3P/c1-3-20-22(19,21-4-2)8-7-12(11-18)9-13-5-6-14(16)10-15(13)17/h5-10H,3-4H2,1-2H3/b8-7+,12-9-. The maximum absolute atomic E-state index is 12.3. The van der Waals surface area contributed by atoms with Crippen molar-refractivity contribution in [2.75, 3.05) is 13.2 Å². The molecule has 0 aromatic heterocycles. The number of halogens is 2. The molecule has 4 nitrogen and oxygen atoms in total. The molecule has 0 spiro atoms. The van der Waals surface area contributed by atoms with Gasteiger partial charge in [-0.15, -0.1) is 0 Å². The molecule has 0 aliphatic rings. The van der Waals surface area contributed by atoms with E-state index in [-0.39, 0.29) is 18.8 Å². The molecule has 0 aliphatic carbocycles. The zero-order valence-corrected chi connectivity index (χ0v) is 14.7. The van der Waals surface area contributed by atoms with Crippen molar-refractivity contribution in [3.63, 3.8) is 0 Å². The van der Waals surface area contributed by atoms with Crippen LogP contribution in [0, 0.1) is 11.3 Å². The lowest BCUT2D eigenvalue weighted by Gasteiger charge is -2.12. The zero-order valence-electron chi connectivity index (χ0n) is 12.3. The Labute approximate surface area is 140 Å². The van der Waals surface area contributed by atoms with Gasteiger partial charge in [0.05, 0.1) is 24.9 Å². The fourth-order valence-electron chi connectivity index (χ4n) is 1.56. The third kappa shape index (κ3) is 5.96. The zero-order chi connectivity index (χ0) is 16.6. The van der Waals surface area contributed by atoms with Crippen LogP contribution < -0.4 is 0 Å². The first kappa shape index (κ1) is 19.0. The van der Waals surface area contributed by atoms with Crippen molar-refractivity contribution in [1.29, 1.82) is 5.26 Å². The summed E-state index contributed by atoms with van der Waals surface area (Å²) in [6.07, 6.45) is 2.97. The Morgan fingerprint density at radius 3 is 2.45 bits per heavy atom. The summed E-state index contributed by atoms with van der Waals surface area (Å²) >= 11 is 11.9. The largest absolute Gasteiger partial charge is 0.354 e. The van der Waals surface area contributed by atoms with E-state index in [2.05, 4.69) is 0 Å². The Balaban J connectivity index is 3.06. The average molecular weight is 360 g/mol. The molecular formula is C15H16Cl2NO3P. The van der Waals surface area contributed by atoms with Gasteiger partial charge < -0.3 is 9.05 Å². The van der Waals surface area contributed by atoms with Crippen LogP contribution in [0.25, 0.3) is 6.08 Å². The highest BCUT2D eigenvalue weighted by molar-refractivity contribution is 7.57. The van der Waals surface area contributed by atoms with Gasteiger partial charge in [0.1, 0.15) is 0 Å². The van der Waals surface area contributed by atoms with Gasteiger partial charge in [0.15, 0.2) is 0 Å². The summed E-state index contributed by atoms with van der Waals surface area (Å²) in [6.45, 7) is 3.93. The molecule has 22 heavy (non-hydrogen) atoms. The van der Waals surface area contributed by atoms with Gasteiger partial charge in [-0.2, -0.15) is 5.26 Å². The second-order valence-electron chi connectivity index (χ2n) is 4.07. The van der Waals surface area contributed by atoms with Gasteiger partial charge in [0.25, 0.3) is 0 Å². The van der Waals surface area contributed by atoms with Crippen LogP contribution in [0.4, 0.5) is 0 Å². The van der Waals surface area contributed by atoms with E-state index >= 15 is 0 Å². The molecule has 0 atom stereocenters. The number of allylic oxidation sites excluding steroid dienone is 2. The second kappa shape index (κ2) is 9.15. The minimum absolute atomic E-state index is 0.246. The van der Waals surface area contributed by atoms with Crippen LogP contribution in [0.1, 0.15) is 19.4 Å². The van der Waals surface area contributed by atoms with Gasteiger partial charge in [-0.3, -0.25) is 4.57 Å². The third-order valence-corrected chi connectivity index (χ3v) is 4.77. The molecule has 118 valence electrons. The predicted octanol–water partition coefficient (Wildman–Crippen LogP) is 5.68. The topological polar surface area (TPSA) is 59.3 Å². The molecule has 0 saturated carbocycles.